The van der Waals surface area contributed by atoms with Crippen LogP contribution < -0.4 is 9.05 Å². The number of hydrogen-bond acceptors (Lipinski definition) is 3. The van der Waals surface area contributed by atoms with E-state index in [2.05, 4.69) is 13.2 Å². The Bertz CT molecular complexity index is 725. The van der Waals surface area contributed by atoms with Crippen LogP contribution in [0.2, 0.25) is 0 Å². The van der Waals surface area contributed by atoms with E-state index < -0.39 is 7.82 Å². The zero-order valence-corrected chi connectivity index (χ0v) is 13.6. The molecular weight excluding hydrogens is 311 g/mol. The summed E-state index contributed by atoms with van der Waals surface area (Å²) in [5.41, 5.74) is 1.77. The summed E-state index contributed by atoms with van der Waals surface area (Å²) in [5.74, 6) is 0.580. The molecule has 0 saturated carbocycles. The third kappa shape index (κ3) is 4.85. The van der Waals surface area contributed by atoms with E-state index >= 15 is 0 Å². The zero-order chi connectivity index (χ0) is 16.7. The molecule has 23 heavy (non-hydrogen) atoms. The van der Waals surface area contributed by atoms with Gasteiger partial charge in [0.15, 0.2) is 0 Å². The van der Waals surface area contributed by atoms with Crippen molar-refractivity contribution in [2.24, 2.45) is 0 Å². The molecule has 0 aliphatic carbocycles. The SMILES string of the molecule is C=CCc1cccc(OP(=O)(O)Oc2ccccc2)c1CC=C. The smallest absolute Gasteiger partial charge is 0.395 e. The monoisotopic (exact) mass is 330 g/mol. The van der Waals surface area contributed by atoms with E-state index in [4.69, 9.17) is 9.05 Å². The second-order valence-electron chi connectivity index (χ2n) is 4.84. The lowest BCUT2D eigenvalue weighted by molar-refractivity contribution is 0.290. The third-order valence-electron chi connectivity index (χ3n) is 3.12. The Labute approximate surface area is 136 Å². The van der Waals surface area contributed by atoms with Gasteiger partial charge in [0.1, 0.15) is 11.5 Å². The second kappa shape index (κ2) is 7.82. The molecule has 0 aliphatic heterocycles. The number of para-hydroxylation sites is 1. The third-order valence-corrected chi connectivity index (χ3v) is 3.99. The molecular formula is C18H19O4P. The van der Waals surface area contributed by atoms with Gasteiger partial charge >= 0.3 is 7.82 Å². The topological polar surface area (TPSA) is 55.8 Å². The number of rotatable bonds is 8. The highest BCUT2D eigenvalue weighted by molar-refractivity contribution is 7.48. The minimum Gasteiger partial charge on any atom is -0.395 e. The fourth-order valence-corrected chi connectivity index (χ4v) is 3.02. The summed E-state index contributed by atoms with van der Waals surface area (Å²) in [6, 6.07) is 13.7. The van der Waals surface area contributed by atoms with Crippen molar-refractivity contribution in [3.05, 3.63) is 85.0 Å². The van der Waals surface area contributed by atoms with Crippen LogP contribution in [0.1, 0.15) is 11.1 Å². The number of allylic oxidation sites excluding steroid dienone is 2. The van der Waals surface area contributed by atoms with E-state index in [1.807, 2.05) is 6.07 Å². The van der Waals surface area contributed by atoms with Crippen LogP contribution in [-0.4, -0.2) is 4.89 Å². The van der Waals surface area contributed by atoms with Crippen molar-refractivity contribution in [2.45, 2.75) is 12.8 Å². The van der Waals surface area contributed by atoms with Crippen LogP contribution in [0, 0.1) is 0 Å². The molecule has 0 amide bonds. The summed E-state index contributed by atoms with van der Waals surface area (Å²) in [6.07, 6.45) is 4.64. The van der Waals surface area contributed by atoms with Crippen LogP contribution in [0.3, 0.4) is 0 Å². The molecule has 0 aromatic heterocycles. The normalized spacial score (nSPS) is 12.9. The first-order chi connectivity index (χ1) is 11.1. The van der Waals surface area contributed by atoms with Crippen molar-refractivity contribution in [2.75, 3.05) is 0 Å². The molecule has 0 radical (unpaired) electrons. The quantitative estimate of drug-likeness (QED) is 0.563. The Morgan fingerprint density at radius 1 is 0.957 bits per heavy atom. The average molecular weight is 330 g/mol. The van der Waals surface area contributed by atoms with Crippen molar-refractivity contribution < 1.29 is 18.5 Å². The molecule has 0 heterocycles. The lowest BCUT2D eigenvalue weighted by Crippen LogP contribution is -2.03. The predicted octanol–water partition coefficient (Wildman–Crippen LogP) is 4.70. The summed E-state index contributed by atoms with van der Waals surface area (Å²) in [6.45, 7) is 7.44. The number of hydrogen-bond donors (Lipinski definition) is 1. The highest BCUT2D eigenvalue weighted by atomic mass is 31.2. The van der Waals surface area contributed by atoms with Crippen LogP contribution in [0.15, 0.2) is 73.8 Å². The van der Waals surface area contributed by atoms with Crippen molar-refractivity contribution in [3.63, 3.8) is 0 Å². The standard InChI is InChI=1S/C18H19O4P/c1-3-9-15-11-8-14-18(17(15)10-4-2)22-23(19,20)21-16-12-6-5-7-13-16/h3-8,11-14H,1-2,9-10H2,(H,19,20). The molecule has 2 rings (SSSR count). The predicted molar refractivity (Wildman–Crippen MR) is 91.8 cm³/mol. The van der Waals surface area contributed by atoms with Crippen molar-refractivity contribution in [1.82, 2.24) is 0 Å². The Morgan fingerprint density at radius 2 is 1.65 bits per heavy atom. The van der Waals surface area contributed by atoms with Gasteiger partial charge in [-0.3, -0.25) is 4.89 Å². The number of benzene rings is 2. The molecule has 1 atom stereocenters. The van der Waals surface area contributed by atoms with Gasteiger partial charge in [-0.15, -0.1) is 13.2 Å². The zero-order valence-electron chi connectivity index (χ0n) is 12.7. The first-order valence-corrected chi connectivity index (χ1v) is 8.65. The molecule has 0 spiro atoms. The average Bonchev–Trinajstić information content (AvgIpc) is 2.51. The van der Waals surface area contributed by atoms with E-state index in [0.29, 0.717) is 18.6 Å². The lowest BCUT2D eigenvalue weighted by atomic mass is 10.0. The van der Waals surface area contributed by atoms with Crippen molar-refractivity contribution in [1.29, 1.82) is 0 Å². The van der Waals surface area contributed by atoms with Gasteiger partial charge in [-0.05, 0) is 36.6 Å². The second-order valence-corrected chi connectivity index (χ2v) is 6.15. The summed E-state index contributed by atoms with van der Waals surface area (Å²) < 4.78 is 22.6. The lowest BCUT2D eigenvalue weighted by Gasteiger charge is -2.17. The molecule has 0 aliphatic rings. The molecule has 0 bridgehead atoms. The van der Waals surface area contributed by atoms with E-state index in [9.17, 15) is 9.46 Å². The highest BCUT2D eigenvalue weighted by Crippen LogP contribution is 2.45. The van der Waals surface area contributed by atoms with Crippen LogP contribution in [0.4, 0.5) is 0 Å². The van der Waals surface area contributed by atoms with Crippen LogP contribution in [-0.2, 0) is 17.4 Å². The fourth-order valence-electron chi connectivity index (χ4n) is 2.18. The minimum absolute atomic E-state index is 0.269. The molecule has 0 saturated heterocycles. The Kier molecular flexibility index (Phi) is 5.80. The largest absolute Gasteiger partial charge is 0.584 e. The molecule has 4 nitrogen and oxygen atoms in total. The van der Waals surface area contributed by atoms with Gasteiger partial charge in [0.25, 0.3) is 0 Å². The highest BCUT2D eigenvalue weighted by Gasteiger charge is 2.26. The molecule has 2 aromatic rings. The van der Waals surface area contributed by atoms with Crippen LogP contribution in [0.5, 0.6) is 11.5 Å². The van der Waals surface area contributed by atoms with Gasteiger partial charge in [-0.2, -0.15) is 0 Å². The molecule has 5 heteroatoms. The first-order valence-electron chi connectivity index (χ1n) is 7.15. The summed E-state index contributed by atoms with van der Waals surface area (Å²) in [5, 5.41) is 0. The van der Waals surface area contributed by atoms with Gasteiger partial charge in [-0.25, -0.2) is 4.57 Å². The van der Waals surface area contributed by atoms with Crippen LogP contribution in [0.25, 0.3) is 0 Å². The maximum Gasteiger partial charge on any atom is 0.584 e. The summed E-state index contributed by atoms with van der Waals surface area (Å²) in [7, 11) is -4.29. The number of phosphoric acid groups is 1. The van der Waals surface area contributed by atoms with Gasteiger partial charge in [0, 0.05) is 5.56 Å². The molecule has 2 aromatic carbocycles. The Hall–Kier alpha value is -2.29. The van der Waals surface area contributed by atoms with E-state index in [-0.39, 0.29) is 5.75 Å². The van der Waals surface area contributed by atoms with Gasteiger partial charge in [0.2, 0.25) is 0 Å². The van der Waals surface area contributed by atoms with Gasteiger partial charge in [0.05, 0.1) is 0 Å². The van der Waals surface area contributed by atoms with Gasteiger partial charge < -0.3 is 9.05 Å². The Morgan fingerprint density at radius 3 is 2.30 bits per heavy atom. The summed E-state index contributed by atoms with van der Waals surface area (Å²) >= 11 is 0. The maximum atomic E-state index is 12.2. The Balaban J connectivity index is 2.27. The summed E-state index contributed by atoms with van der Waals surface area (Å²) in [4.78, 5) is 10.00. The molecule has 120 valence electrons. The van der Waals surface area contributed by atoms with Gasteiger partial charge in [-0.1, -0.05) is 42.5 Å². The molecule has 1 N–H and O–H groups in total. The minimum atomic E-state index is -4.29. The van der Waals surface area contributed by atoms with Crippen molar-refractivity contribution in [3.8, 4) is 11.5 Å². The molecule has 1 unspecified atom stereocenters. The van der Waals surface area contributed by atoms with E-state index in [1.54, 1.807) is 54.6 Å². The van der Waals surface area contributed by atoms with Crippen molar-refractivity contribution >= 4 is 7.82 Å². The van der Waals surface area contributed by atoms with E-state index in [0.717, 1.165) is 11.1 Å². The van der Waals surface area contributed by atoms with E-state index in [1.165, 1.54) is 0 Å². The van der Waals surface area contributed by atoms with Crippen LogP contribution >= 0.6 is 7.82 Å². The maximum absolute atomic E-state index is 12.2. The fraction of sp³-hybridized carbons (Fsp3) is 0.111. The number of phosphoric ester groups is 1. The first kappa shape index (κ1) is 17.1. The molecule has 0 fully saturated rings.